The Bertz CT molecular complexity index is 827. The van der Waals surface area contributed by atoms with Gasteiger partial charge >= 0.3 is 5.97 Å². The summed E-state index contributed by atoms with van der Waals surface area (Å²) in [5.41, 5.74) is 3.13. The molecule has 3 aromatic rings. The van der Waals surface area contributed by atoms with Crippen LogP contribution in [-0.2, 0) is 17.6 Å². The zero-order valence-corrected chi connectivity index (χ0v) is 15.3. The summed E-state index contributed by atoms with van der Waals surface area (Å²) < 4.78 is 5.80. The molecule has 0 bridgehead atoms. The van der Waals surface area contributed by atoms with E-state index in [4.69, 9.17) is 4.74 Å². The minimum atomic E-state index is -0.803. The molecule has 0 radical (unpaired) electrons. The van der Waals surface area contributed by atoms with Crippen LogP contribution in [0.3, 0.4) is 0 Å². The van der Waals surface area contributed by atoms with Crippen molar-refractivity contribution in [3.8, 4) is 5.75 Å². The molecular weight excluding hydrogens is 336 g/mol. The highest BCUT2D eigenvalue weighted by atomic mass is 16.5. The number of carboxylic acid groups (broad SMARTS) is 1. The first kappa shape index (κ1) is 18.7. The van der Waals surface area contributed by atoms with E-state index in [9.17, 15) is 9.90 Å². The highest BCUT2D eigenvalue weighted by Crippen LogP contribution is 2.23. The highest BCUT2D eigenvalue weighted by molar-refractivity contribution is 5.76. The number of hydrogen-bond acceptors (Lipinski definition) is 2. The molecule has 0 heterocycles. The van der Waals surface area contributed by atoms with Crippen LogP contribution in [0.25, 0.3) is 0 Å². The maximum absolute atomic E-state index is 11.6. The molecule has 3 heteroatoms. The average Bonchev–Trinajstić information content (AvgIpc) is 2.71. The highest BCUT2D eigenvalue weighted by Gasteiger charge is 2.19. The van der Waals surface area contributed by atoms with E-state index in [1.807, 2.05) is 60.7 Å². The molecule has 0 aliphatic carbocycles. The van der Waals surface area contributed by atoms with Gasteiger partial charge in [0.2, 0.25) is 0 Å². The molecule has 1 atom stereocenters. The molecule has 0 aliphatic heterocycles. The van der Waals surface area contributed by atoms with Gasteiger partial charge in [-0.1, -0.05) is 72.8 Å². The van der Waals surface area contributed by atoms with Crippen molar-refractivity contribution in [2.75, 3.05) is 6.61 Å². The summed E-state index contributed by atoms with van der Waals surface area (Å²) >= 11 is 0. The fourth-order valence-corrected chi connectivity index (χ4v) is 3.10. The molecule has 1 unspecified atom stereocenters. The fraction of sp³-hybridized carbons (Fsp3) is 0.208. The molecule has 0 amide bonds. The van der Waals surface area contributed by atoms with Crippen LogP contribution in [-0.4, -0.2) is 17.7 Å². The molecule has 1 N–H and O–H groups in total. The van der Waals surface area contributed by atoms with E-state index in [1.54, 1.807) is 0 Å². The first-order valence-electron chi connectivity index (χ1n) is 9.26. The van der Waals surface area contributed by atoms with Gasteiger partial charge in [-0.2, -0.15) is 0 Å². The van der Waals surface area contributed by atoms with Gasteiger partial charge in [0, 0.05) is 0 Å². The lowest BCUT2D eigenvalue weighted by molar-refractivity contribution is -0.138. The van der Waals surface area contributed by atoms with Gasteiger partial charge in [-0.25, -0.2) is 0 Å². The summed E-state index contributed by atoms with van der Waals surface area (Å²) in [4.78, 5) is 11.6. The minimum absolute atomic E-state index is 0.466. The van der Waals surface area contributed by atoms with Crippen LogP contribution in [0.15, 0.2) is 84.9 Å². The van der Waals surface area contributed by atoms with Crippen LogP contribution >= 0.6 is 0 Å². The predicted octanol–water partition coefficient (Wildman–Crippen LogP) is 5.11. The molecule has 3 aromatic carbocycles. The number of carboxylic acids is 1. The van der Waals surface area contributed by atoms with Crippen molar-refractivity contribution in [3.05, 3.63) is 102 Å². The number of benzene rings is 3. The quantitative estimate of drug-likeness (QED) is 0.540. The normalized spacial score (nSPS) is 11.7. The van der Waals surface area contributed by atoms with Crippen molar-refractivity contribution in [3.63, 3.8) is 0 Å². The second-order valence-electron chi connectivity index (χ2n) is 6.59. The third kappa shape index (κ3) is 5.71. The molecule has 0 saturated carbocycles. The lowest BCUT2D eigenvalue weighted by Gasteiger charge is -2.13. The summed E-state index contributed by atoms with van der Waals surface area (Å²) in [5, 5.41) is 9.56. The van der Waals surface area contributed by atoms with Gasteiger partial charge in [0.15, 0.2) is 0 Å². The molecule has 0 saturated heterocycles. The van der Waals surface area contributed by atoms with Crippen LogP contribution in [0.5, 0.6) is 5.75 Å². The van der Waals surface area contributed by atoms with Crippen molar-refractivity contribution in [2.45, 2.75) is 25.2 Å². The monoisotopic (exact) mass is 360 g/mol. The van der Waals surface area contributed by atoms with Crippen molar-refractivity contribution >= 4 is 5.97 Å². The lowest BCUT2D eigenvalue weighted by atomic mass is 9.92. The number of ether oxygens (including phenoxy) is 1. The molecule has 0 aromatic heterocycles. The molecule has 138 valence electrons. The summed E-state index contributed by atoms with van der Waals surface area (Å²) in [6.07, 6.45) is 2.42. The number of hydrogen-bond donors (Lipinski definition) is 1. The lowest BCUT2D eigenvalue weighted by Crippen LogP contribution is -2.14. The van der Waals surface area contributed by atoms with Gasteiger partial charge in [-0.3, -0.25) is 4.79 Å². The molecule has 27 heavy (non-hydrogen) atoms. The standard InChI is InChI=1S/C24H24O3/c25-24(26)23(21-11-5-2-6-12-21)18-20-13-15-22(16-14-20)27-17-7-10-19-8-3-1-4-9-19/h1-6,8-9,11-16,23H,7,10,17-18H2,(H,25,26). The van der Waals surface area contributed by atoms with E-state index in [1.165, 1.54) is 5.56 Å². The Morgan fingerprint density at radius 1 is 0.815 bits per heavy atom. The minimum Gasteiger partial charge on any atom is -0.494 e. The Hall–Kier alpha value is -3.07. The zero-order valence-electron chi connectivity index (χ0n) is 15.3. The summed E-state index contributed by atoms with van der Waals surface area (Å²) in [6.45, 7) is 0.663. The van der Waals surface area contributed by atoms with Gasteiger partial charge in [0.25, 0.3) is 0 Å². The third-order valence-electron chi connectivity index (χ3n) is 4.58. The van der Waals surface area contributed by atoms with E-state index >= 15 is 0 Å². The van der Waals surface area contributed by atoms with Crippen molar-refractivity contribution in [1.82, 2.24) is 0 Å². The molecule has 3 rings (SSSR count). The van der Waals surface area contributed by atoms with Gasteiger partial charge in [-0.15, -0.1) is 0 Å². The second-order valence-corrected chi connectivity index (χ2v) is 6.59. The van der Waals surface area contributed by atoms with Gasteiger partial charge in [-0.05, 0) is 48.1 Å². The van der Waals surface area contributed by atoms with Crippen LogP contribution in [0.1, 0.15) is 29.0 Å². The molecule has 0 fully saturated rings. The van der Waals surface area contributed by atoms with E-state index in [0.29, 0.717) is 13.0 Å². The molecule has 0 aliphatic rings. The third-order valence-corrected chi connectivity index (χ3v) is 4.58. The first-order chi connectivity index (χ1) is 13.2. The Labute approximate surface area is 160 Å². The van der Waals surface area contributed by atoms with Crippen LogP contribution in [0, 0.1) is 0 Å². The van der Waals surface area contributed by atoms with Crippen molar-refractivity contribution < 1.29 is 14.6 Å². The first-order valence-corrected chi connectivity index (χ1v) is 9.26. The maximum atomic E-state index is 11.6. The predicted molar refractivity (Wildman–Crippen MR) is 107 cm³/mol. The molecular formula is C24H24O3. The summed E-state index contributed by atoms with van der Waals surface area (Å²) in [7, 11) is 0. The Kier molecular flexibility index (Phi) is 6.64. The van der Waals surface area contributed by atoms with E-state index in [2.05, 4.69) is 24.3 Å². The van der Waals surface area contributed by atoms with Crippen molar-refractivity contribution in [1.29, 1.82) is 0 Å². The number of aryl methyl sites for hydroxylation is 1. The second kappa shape index (κ2) is 9.58. The SMILES string of the molecule is O=C(O)C(Cc1ccc(OCCCc2ccccc2)cc1)c1ccccc1. The number of aliphatic carboxylic acids is 1. The van der Waals surface area contributed by atoms with Crippen LogP contribution in [0.2, 0.25) is 0 Å². The smallest absolute Gasteiger partial charge is 0.311 e. The summed E-state index contributed by atoms with van der Waals surface area (Å²) in [6, 6.07) is 27.5. The topological polar surface area (TPSA) is 46.5 Å². The van der Waals surface area contributed by atoms with Crippen LogP contribution in [0.4, 0.5) is 0 Å². The molecule has 3 nitrogen and oxygen atoms in total. The Morgan fingerprint density at radius 2 is 1.44 bits per heavy atom. The Morgan fingerprint density at radius 3 is 2.07 bits per heavy atom. The van der Waals surface area contributed by atoms with E-state index in [-0.39, 0.29) is 0 Å². The summed E-state index contributed by atoms with van der Waals surface area (Å²) in [5.74, 6) is -0.523. The largest absolute Gasteiger partial charge is 0.494 e. The number of rotatable bonds is 9. The van der Waals surface area contributed by atoms with Gasteiger partial charge in [0.05, 0.1) is 12.5 Å². The van der Waals surface area contributed by atoms with Crippen LogP contribution < -0.4 is 4.74 Å². The Balaban J connectivity index is 1.51. The molecule has 0 spiro atoms. The zero-order chi connectivity index (χ0) is 18.9. The average molecular weight is 360 g/mol. The number of carbonyl (C=O) groups is 1. The van der Waals surface area contributed by atoms with Gasteiger partial charge < -0.3 is 9.84 Å². The van der Waals surface area contributed by atoms with E-state index in [0.717, 1.165) is 29.7 Å². The fourth-order valence-electron chi connectivity index (χ4n) is 3.10. The van der Waals surface area contributed by atoms with E-state index < -0.39 is 11.9 Å². The van der Waals surface area contributed by atoms with Gasteiger partial charge in [0.1, 0.15) is 5.75 Å². The van der Waals surface area contributed by atoms with Crippen molar-refractivity contribution in [2.24, 2.45) is 0 Å². The maximum Gasteiger partial charge on any atom is 0.311 e.